The molecule has 7 nitrogen and oxygen atoms in total. The van der Waals surface area contributed by atoms with Crippen molar-refractivity contribution in [3.05, 3.63) is 16.1 Å². The van der Waals surface area contributed by atoms with Crippen LogP contribution in [0.2, 0.25) is 0 Å². The zero-order valence-electron chi connectivity index (χ0n) is 14.2. The highest BCUT2D eigenvalue weighted by atomic mass is 32.1. The number of thiazole rings is 1. The summed E-state index contributed by atoms with van der Waals surface area (Å²) in [6.07, 6.45) is 2.48. The smallest absolute Gasteiger partial charge is 0.306 e. The third kappa shape index (κ3) is 4.31. The van der Waals surface area contributed by atoms with Gasteiger partial charge in [-0.25, -0.2) is 4.98 Å². The maximum atomic E-state index is 12.4. The molecule has 2 rings (SSSR count). The SMILES string of the molecule is CC(C)c1ncc(C(=O)N(C)CC(=O)N2CCC(C(=O)O)CC2)s1. The molecule has 0 spiro atoms. The van der Waals surface area contributed by atoms with Crippen LogP contribution in [-0.2, 0) is 9.59 Å². The maximum absolute atomic E-state index is 12.4. The Kier molecular flexibility index (Phi) is 5.93. The van der Waals surface area contributed by atoms with E-state index in [0.29, 0.717) is 30.8 Å². The molecule has 0 radical (unpaired) electrons. The Balaban J connectivity index is 1.89. The Morgan fingerprint density at radius 2 is 2.00 bits per heavy atom. The van der Waals surface area contributed by atoms with Crippen LogP contribution in [0, 0.1) is 5.92 Å². The number of aromatic nitrogens is 1. The Hall–Kier alpha value is -1.96. The molecule has 1 N–H and O–H groups in total. The fourth-order valence-electron chi connectivity index (χ4n) is 2.59. The van der Waals surface area contributed by atoms with E-state index >= 15 is 0 Å². The van der Waals surface area contributed by atoms with Gasteiger partial charge in [-0.1, -0.05) is 13.8 Å². The number of likely N-dealkylation sites (tertiary alicyclic amines) is 1. The van der Waals surface area contributed by atoms with Gasteiger partial charge in [0.25, 0.3) is 5.91 Å². The second-order valence-electron chi connectivity index (χ2n) is 6.37. The first-order chi connectivity index (χ1) is 11.3. The average Bonchev–Trinajstić information content (AvgIpc) is 3.04. The molecule has 2 amide bonds. The highest BCUT2D eigenvalue weighted by molar-refractivity contribution is 7.13. The van der Waals surface area contributed by atoms with Crippen molar-refractivity contribution in [1.82, 2.24) is 14.8 Å². The van der Waals surface area contributed by atoms with Crippen molar-refractivity contribution in [2.24, 2.45) is 5.92 Å². The van der Waals surface area contributed by atoms with Crippen LogP contribution in [0.15, 0.2) is 6.20 Å². The van der Waals surface area contributed by atoms with Crippen molar-refractivity contribution in [2.75, 3.05) is 26.7 Å². The number of carboxylic acid groups (broad SMARTS) is 1. The molecule has 1 aliphatic heterocycles. The molecule has 24 heavy (non-hydrogen) atoms. The van der Waals surface area contributed by atoms with Gasteiger partial charge < -0.3 is 14.9 Å². The third-order valence-corrected chi connectivity index (χ3v) is 5.43. The van der Waals surface area contributed by atoms with Crippen LogP contribution in [0.25, 0.3) is 0 Å². The second-order valence-corrected chi connectivity index (χ2v) is 7.43. The fourth-order valence-corrected chi connectivity index (χ4v) is 3.51. The molecule has 0 aromatic carbocycles. The average molecular weight is 353 g/mol. The van der Waals surface area contributed by atoms with Gasteiger partial charge in [0.2, 0.25) is 5.91 Å². The highest BCUT2D eigenvalue weighted by Gasteiger charge is 2.28. The molecule has 1 fully saturated rings. The summed E-state index contributed by atoms with van der Waals surface area (Å²) in [6, 6.07) is 0. The minimum Gasteiger partial charge on any atom is -0.481 e. The topological polar surface area (TPSA) is 90.8 Å². The summed E-state index contributed by atoms with van der Waals surface area (Å²) >= 11 is 1.35. The van der Waals surface area contributed by atoms with Gasteiger partial charge in [0.05, 0.1) is 23.7 Å². The minimum absolute atomic E-state index is 0.00845. The maximum Gasteiger partial charge on any atom is 0.306 e. The lowest BCUT2D eigenvalue weighted by Gasteiger charge is -2.31. The Bertz CT molecular complexity index is 621. The molecule has 1 aromatic rings. The molecule has 2 heterocycles. The zero-order valence-corrected chi connectivity index (χ0v) is 15.0. The number of carbonyl (C=O) groups excluding carboxylic acids is 2. The highest BCUT2D eigenvalue weighted by Crippen LogP contribution is 2.22. The van der Waals surface area contributed by atoms with Crippen LogP contribution < -0.4 is 0 Å². The van der Waals surface area contributed by atoms with E-state index in [1.54, 1.807) is 18.1 Å². The van der Waals surface area contributed by atoms with E-state index in [9.17, 15) is 14.4 Å². The van der Waals surface area contributed by atoms with Gasteiger partial charge in [0.1, 0.15) is 4.88 Å². The standard InChI is InChI=1S/C16H23N3O4S/c1-10(2)14-17-8-12(24-14)15(21)18(3)9-13(20)19-6-4-11(5-7-19)16(22)23/h8,10-11H,4-7,9H2,1-3H3,(H,22,23). The largest absolute Gasteiger partial charge is 0.481 e. The predicted octanol–water partition coefficient (Wildman–Crippen LogP) is 1.66. The quantitative estimate of drug-likeness (QED) is 0.869. The number of amides is 2. The first-order valence-corrected chi connectivity index (χ1v) is 8.83. The van der Waals surface area contributed by atoms with E-state index in [0.717, 1.165) is 5.01 Å². The molecule has 1 saturated heterocycles. The second kappa shape index (κ2) is 7.74. The molecule has 0 atom stereocenters. The molecule has 0 aliphatic carbocycles. The Morgan fingerprint density at radius 3 is 2.50 bits per heavy atom. The number of hydrogen-bond donors (Lipinski definition) is 1. The third-order valence-electron chi connectivity index (χ3n) is 4.14. The lowest BCUT2D eigenvalue weighted by Crippen LogP contribution is -2.45. The number of hydrogen-bond acceptors (Lipinski definition) is 5. The summed E-state index contributed by atoms with van der Waals surface area (Å²) in [6.45, 7) is 4.87. The molecule has 8 heteroatoms. The summed E-state index contributed by atoms with van der Waals surface area (Å²) in [5.41, 5.74) is 0. The number of piperidine rings is 1. The Labute approximate surface area is 145 Å². The van der Waals surface area contributed by atoms with E-state index in [4.69, 9.17) is 5.11 Å². The van der Waals surface area contributed by atoms with Crippen molar-refractivity contribution in [2.45, 2.75) is 32.6 Å². The minimum atomic E-state index is -0.805. The number of carbonyl (C=O) groups is 3. The molecular formula is C16H23N3O4S. The van der Waals surface area contributed by atoms with Crippen molar-refractivity contribution in [3.63, 3.8) is 0 Å². The molecule has 0 saturated carbocycles. The van der Waals surface area contributed by atoms with E-state index in [-0.39, 0.29) is 30.2 Å². The van der Waals surface area contributed by atoms with Gasteiger partial charge in [-0.05, 0) is 12.8 Å². The van der Waals surface area contributed by atoms with Gasteiger partial charge >= 0.3 is 5.97 Å². The van der Waals surface area contributed by atoms with Crippen molar-refractivity contribution in [1.29, 1.82) is 0 Å². The van der Waals surface area contributed by atoms with Crippen LogP contribution in [0.3, 0.4) is 0 Å². The van der Waals surface area contributed by atoms with Gasteiger partial charge in [-0.3, -0.25) is 14.4 Å². The molecule has 1 aliphatic rings. The van der Waals surface area contributed by atoms with E-state index < -0.39 is 5.97 Å². The number of carboxylic acids is 1. The van der Waals surface area contributed by atoms with Crippen LogP contribution >= 0.6 is 11.3 Å². The Morgan fingerprint density at radius 1 is 1.38 bits per heavy atom. The van der Waals surface area contributed by atoms with Crippen molar-refractivity contribution < 1.29 is 19.5 Å². The summed E-state index contributed by atoms with van der Waals surface area (Å²) in [7, 11) is 1.60. The van der Waals surface area contributed by atoms with E-state index in [1.165, 1.54) is 16.2 Å². The van der Waals surface area contributed by atoms with Gasteiger partial charge in [0, 0.05) is 26.1 Å². The first kappa shape index (κ1) is 18.4. The van der Waals surface area contributed by atoms with Crippen LogP contribution in [0.1, 0.15) is 47.3 Å². The van der Waals surface area contributed by atoms with Gasteiger partial charge in [-0.15, -0.1) is 11.3 Å². The van der Waals surface area contributed by atoms with Crippen LogP contribution in [0.4, 0.5) is 0 Å². The number of aliphatic carboxylic acids is 1. The van der Waals surface area contributed by atoms with Crippen molar-refractivity contribution in [3.8, 4) is 0 Å². The van der Waals surface area contributed by atoms with Crippen LogP contribution in [0.5, 0.6) is 0 Å². The van der Waals surface area contributed by atoms with E-state index in [2.05, 4.69) is 4.98 Å². The predicted molar refractivity (Wildman–Crippen MR) is 90.1 cm³/mol. The van der Waals surface area contributed by atoms with Crippen LogP contribution in [-0.4, -0.2) is 64.4 Å². The van der Waals surface area contributed by atoms with E-state index in [1.807, 2.05) is 13.8 Å². The lowest BCUT2D eigenvalue weighted by molar-refractivity contribution is -0.145. The fraction of sp³-hybridized carbons (Fsp3) is 0.625. The zero-order chi connectivity index (χ0) is 17.9. The lowest BCUT2D eigenvalue weighted by atomic mass is 9.97. The number of rotatable bonds is 5. The molecule has 0 bridgehead atoms. The first-order valence-electron chi connectivity index (χ1n) is 8.01. The van der Waals surface area contributed by atoms with Crippen molar-refractivity contribution >= 4 is 29.1 Å². The molecule has 132 valence electrons. The molecule has 1 aromatic heterocycles. The summed E-state index contributed by atoms with van der Waals surface area (Å²) in [4.78, 5) is 43.4. The normalized spacial score (nSPS) is 15.6. The summed E-state index contributed by atoms with van der Waals surface area (Å²) in [5, 5.41) is 9.88. The summed E-state index contributed by atoms with van der Waals surface area (Å²) in [5.74, 6) is -1.28. The number of likely N-dealkylation sites (N-methyl/N-ethyl adjacent to an activating group) is 1. The molecule has 0 unspecified atom stereocenters. The summed E-state index contributed by atoms with van der Waals surface area (Å²) < 4.78 is 0. The monoisotopic (exact) mass is 353 g/mol. The molecular weight excluding hydrogens is 330 g/mol. The van der Waals surface area contributed by atoms with Gasteiger partial charge in [-0.2, -0.15) is 0 Å². The van der Waals surface area contributed by atoms with Gasteiger partial charge in [0.15, 0.2) is 0 Å². The number of nitrogens with zero attached hydrogens (tertiary/aromatic N) is 3.